The molecule has 2 aliphatic rings. The van der Waals surface area contributed by atoms with Gasteiger partial charge in [-0.05, 0) is 29.9 Å². The number of hydrogen-bond donors (Lipinski definition) is 1. The Morgan fingerprint density at radius 3 is 2.85 bits per heavy atom. The number of rotatable bonds is 3. The van der Waals surface area contributed by atoms with Gasteiger partial charge in [-0.2, -0.15) is 5.10 Å². The number of nitrogens with zero attached hydrogens (tertiary/aromatic N) is 4. The highest BCUT2D eigenvalue weighted by atomic mass is 16.5. The van der Waals surface area contributed by atoms with Crippen LogP contribution >= 0.6 is 0 Å². The van der Waals surface area contributed by atoms with Gasteiger partial charge in [0.1, 0.15) is 0 Å². The maximum absolute atomic E-state index is 12.2. The van der Waals surface area contributed by atoms with Crippen molar-refractivity contribution in [3.05, 3.63) is 60.3 Å². The molecule has 5 heterocycles. The Labute approximate surface area is 192 Å². The Bertz CT molecular complexity index is 1320. The summed E-state index contributed by atoms with van der Waals surface area (Å²) in [4.78, 5) is 18.9. The Morgan fingerprint density at radius 2 is 2.06 bits per heavy atom. The number of fused-ring (bicyclic) bond motifs is 2. The van der Waals surface area contributed by atoms with Crippen LogP contribution in [0, 0.1) is 0 Å². The first-order valence-corrected chi connectivity index (χ1v) is 11.6. The van der Waals surface area contributed by atoms with Crippen LogP contribution in [-0.2, 0) is 22.5 Å². The van der Waals surface area contributed by atoms with Gasteiger partial charge in [-0.15, -0.1) is 0 Å². The van der Waals surface area contributed by atoms with Gasteiger partial charge in [-0.3, -0.25) is 14.9 Å². The summed E-state index contributed by atoms with van der Waals surface area (Å²) in [5.74, 6) is 0.134. The third kappa shape index (κ3) is 3.53. The number of H-pyrrole nitrogens is 1. The average Bonchev–Trinajstić information content (AvgIpc) is 3.52. The summed E-state index contributed by atoms with van der Waals surface area (Å²) in [6.45, 7) is 4.72. The number of benzene rings is 1. The second-order valence-electron chi connectivity index (χ2n) is 8.99. The van der Waals surface area contributed by atoms with Gasteiger partial charge in [-0.25, -0.2) is 0 Å². The number of carbonyl (C=O) groups excluding carboxylic acids is 1. The molecule has 1 N–H and O–H groups in total. The molecule has 33 heavy (non-hydrogen) atoms. The highest BCUT2D eigenvalue weighted by molar-refractivity contribution is 5.98. The summed E-state index contributed by atoms with van der Waals surface area (Å²) >= 11 is 0. The van der Waals surface area contributed by atoms with E-state index in [4.69, 9.17) is 9.72 Å². The monoisotopic (exact) mass is 441 g/mol. The number of nitrogens with one attached hydrogen (secondary N) is 1. The van der Waals surface area contributed by atoms with E-state index >= 15 is 0 Å². The third-order valence-corrected chi connectivity index (χ3v) is 7.10. The minimum absolute atomic E-state index is 0.134. The SMILES string of the molecule is CC(=O)N1CCc2c(c(-c3cccc4cc(-c5cn[nH]c5)ncc34)cn2C2CCOCC2)C1. The molecular formula is C26H27N5O2. The summed E-state index contributed by atoms with van der Waals surface area (Å²) in [6, 6.07) is 8.99. The Balaban J connectivity index is 1.50. The van der Waals surface area contributed by atoms with Crippen LogP contribution < -0.4 is 0 Å². The molecule has 1 saturated heterocycles. The molecule has 168 valence electrons. The number of aromatic nitrogens is 4. The molecule has 7 heteroatoms. The first-order chi connectivity index (χ1) is 16.2. The zero-order chi connectivity index (χ0) is 22.4. The predicted octanol–water partition coefficient (Wildman–Crippen LogP) is 4.35. The fraction of sp³-hybridized carbons (Fsp3) is 0.346. The van der Waals surface area contributed by atoms with Crippen molar-refractivity contribution in [2.45, 2.75) is 38.8 Å². The molecule has 2 aliphatic heterocycles. The predicted molar refractivity (Wildman–Crippen MR) is 127 cm³/mol. The van der Waals surface area contributed by atoms with Crippen molar-refractivity contribution >= 4 is 16.7 Å². The zero-order valence-corrected chi connectivity index (χ0v) is 18.8. The Kier molecular flexibility index (Phi) is 4.99. The van der Waals surface area contributed by atoms with Gasteiger partial charge in [0.25, 0.3) is 0 Å². The van der Waals surface area contributed by atoms with Gasteiger partial charge in [-0.1, -0.05) is 18.2 Å². The number of hydrogen-bond acceptors (Lipinski definition) is 4. The van der Waals surface area contributed by atoms with Crippen LogP contribution in [0.1, 0.15) is 37.1 Å². The highest BCUT2D eigenvalue weighted by Crippen LogP contribution is 2.39. The first-order valence-electron chi connectivity index (χ1n) is 11.6. The second-order valence-corrected chi connectivity index (χ2v) is 8.99. The minimum Gasteiger partial charge on any atom is -0.381 e. The molecule has 1 fully saturated rings. The summed E-state index contributed by atoms with van der Waals surface area (Å²) < 4.78 is 8.11. The average molecular weight is 442 g/mol. The molecule has 0 aliphatic carbocycles. The number of pyridine rings is 1. The lowest BCUT2D eigenvalue weighted by atomic mass is 9.95. The van der Waals surface area contributed by atoms with E-state index in [1.807, 2.05) is 17.3 Å². The van der Waals surface area contributed by atoms with E-state index in [0.717, 1.165) is 61.1 Å². The topological polar surface area (TPSA) is 76.0 Å². The lowest BCUT2D eigenvalue weighted by molar-refractivity contribution is -0.129. The van der Waals surface area contributed by atoms with Gasteiger partial charge in [0, 0.05) is 92.1 Å². The molecule has 6 rings (SSSR count). The van der Waals surface area contributed by atoms with Crippen LogP contribution in [-0.4, -0.2) is 50.3 Å². The Morgan fingerprint density at radius 1 is 1.18 bits per heavy atom. The van der Waals surface area contributed by atoms with E-state index in [1.54, 1.807) is 13.1 Å². The Hall–Kier alpha value is -3.45. The van der Waals surface area contributed by atoms with Crippen molar-refractivity contribution in [2.75, 3.05) is 19.8 Å². The van der Waals surface area contributed by atoms with Gasteiger partial charge >= 0.3 is 0 Å². The van der Waals surface area contributed by atoms with Gasteiger partial charge in [0.05, 0.1) is 11.9 Å². The molecule has 0 atom stereocenters. The molecule has 0 unspecified atom stereocenters. The molecule has 1 amide bonds. The van der Waals surface area contributed by atoms with Crippen LogP contribution in [0.3, 0.4) is 0 Å². The lowest BCUT2D eigenvalue weighted by Gasteiger charge is -2.30. The third-order valence-electron chi connectivity index (χ3n) is 7.10. The molecule has 1 aromatic carbocycles. The van der Waals surface area contributed by atoms with Crippen molar-refractivity contribution < 1.29 is 9.53 Å². The van der Waals surface area contributed by atoms with Crippen molar-refractivity contribution in [3.8, 4) is 22.4 Å². The van der Waals surface area contributed by atoms with E-state index < -0.39 is 0 Å². The quantitative estimate of drug-likeness (QED) is 0.513. The summed E-state index contributed by atoms with van der Waals surface area (Å²) in [5.41, 5.74) is 6.90. The lowest BCUT2D eigenvalue weighted by Crippen LogP contribution is -2.35. The summed E-state index contributed by atoms with van der Waals surface area (Å²) in [7, 11) is 0. The molecule has 4 aromatic rings. The van der Waals surface area contributed by atoms with E-state index in [1.165, 1.54) is 22.4 Å². The van der Waals surface area contributed by atoms with E-state index in [-0.39, 0.29) is 5.91 Å². The van der Waals surface area contributed by atoms with Crippen LogP contribution in [0.25, 0.3) is 33.2 Å². The first kappa shape index (κ1) is 20.2. The van der Waals surface area contributed by atoms with Crippen molar-refractivity contribution in [3.63, 3.8) is 0 Å². The van der Waals surface area contributed by atoms with Gasteiger partial charge in [0.2, 0.25) is 5.91 Å². The molecule has 0 saturated carbocycles. The standard InChI is InChI=1S/C26H27N5O2/c1-17(32)30-8-5-26-24(15-30)23(16-31(26)20-6-9-33-10-7-20)21-4-2-3-18-11-25(27-14-22(18)21)19-12-28-29-13-19/h2-4,11-14,16,20H,5-10,15H2,1H3,(H,28,29). The molecule has 3 aromatic heterocycles. The fourth-order valence-electron chi connectivity index (χ4n) is 5.32. The molecule has 7 nitrogen and oxygen atoms in total. The fourth-order valence-corrected chi connectivity index (χ4v) is 5.32. The molecule has 0 spiro atoms. The molecule has 0 radical (unpaired) electrons. The summed E-state index contributed by atoms with van der Waals surface area (Å²) in [5, 5.41) is 9.18. The molecule has 0 bridgehead atoms. The van der Waals surface area contributed by atoms with E-state index in [0.29, 0.717) is 12.6 Å². The highest BCUT2D eigenvalue weighted by Gasteiger charge is 2.29. The number of aromatic amines is 1. The maximum atomic E-state index is 12.2. The second kappa shape index (κ2) is 8.15. The summed E-state index contributed by atoms with van der Waals surface area (Å²) in [6.07, 6.45) is 10.9. The largest absolute Gasteiger partial charge is 0.381 e. The van der Waals surface area contributed by atoms with Crippen molar-refractivity contribution in [1.82, 2.24) is 24.6 Å². The van der Waals surface area contributed by atoms with Crippen LogP contribution in [0.5, 0.6) is 0 Å². The number of amides is 1. The van der Waals surface area contributed by atoms with Crippen LogP contribution in [0.4, 0.5) is 0 Å². The normalized spacial score (nSPS) is 16.8. The van der Waals surface area contributed by atoms with Gasteiger partial charge < -0.3 is 14.2 Å². The maximum Gasteiger partial charge on any atom is 0.219 e. The smallest absolute Gasteiger partial charge is 0.219 e. The van der Waals surface area contributed by atoms with Crippen molar-refractivity contribution in [2.24, 2.45) is 0 Å². The minimum atomic E-state index is 0.134. The van der Waals surface area contributed by atoms with Crippen molar-refractivity contribution in [1.29, 1.82) is 0 Å². The molecular weight excluding hydrogens is 414 g/mol. The zero-order valence-electron chi connectivity index (χ0n) is 18.8. The number of ether oxygens (including phenoxy) is 1. The van der Waals surface area contributed by atoms with E-state index in [9.17, 15) is 4.79 Å². The van der Waals surface area contributed by atoms with E-state index in [2.05, 4.69) is 45.2 Å². The number of carbonyl (C=O) groups is 1. The van der Waals surface area contributed by atoms with Crippen LogP contribution in [0.15, 0.2) is 49.1 Å². The van der Waals surface area contributed by atoms with Crippen LogP contribution in [0.2, 0.25) is 0 Å². The van der Waals surface area contributed by atoms with Gasteiger partial charge in [0.15, 0.2) is 0 Å².